The van der Waals surface area contributed by atoms with E-state index in [4.69, 9.17) is 10.00 Å². The minimum Gasteiger partial charge on any atom is -0.490 e. The Morgan fingerprint density at radius 2 is 1.95 bits per heavy atom. The van der Waals surface area contributed by atoms with Crippen molar-refractivity contribution in [2.75, 3.05) is 0 Å². The number of halogens is 3. The van der Waals surface area contributed by atoms with Crippen molar-refractivity contribution in [2.45, 2.75) is 44.9 Å². The molecule has 108 valence electrons. The van der Waals surface area contributed by atoms with Crippen LogP contribution in [-0.4, -0.2) is 6.10 Å². The van der Waals surface area contributed by atoms with Crippen LogP contribution in [0.5, 0.6) is 5.75 Å². The zero-order chi connectivity index (χ0) is 14.8. The summed E-state index contributed by atoms with van der Waals surface area (Å²) < 4.78 is 44.3. The second-order valence-corrected chi connectivity index (χ2v) is 5.23. The molecule has 1 saturated carbocycles. The maximum atomic E-state index is 12.9. The fraction of sp³-hybridized carbons (Fsp3) is 0.533. The van der Waals surface area contributed by atoms with Crippen LogP contribution in [0.4, 0.5) is 13.2 Å². The Morgan fingerprint density at radius 3 is 2.55 bits per heavy atom. The molecule has 0 spiro atoms. The lowest BCUT2D eigenvalue weighted by atomic mass is 9.88. The first-order valence-electron chi connectivity index (χ1n) is 6.70. The summed E-state index contributed by atoms with van der Waals surface area (Å²) in [7, 11) is 0. The molecule has 2 nitrogen and oxygen atoms in total. The highest BCUT2D eigenvalue weighted by Gasteiger charge is 2.34. The largest absolute Gasteiger partial charge is 0.490 e. The Hall–Kier alpha value is -1.70. The van der Waals surface area contributed by atoms with Crippen LogP contribution in [0.2, 0.25) is 0 Å². The van der Waals surface area contributed by atoms with Gasteiger partial charge in [0.1, 0.15) is 11.9 Å². The fourth-order valence-electron chi connectivity index (χ4n) is 2.56. The molecule has 2 rings (SSSR count). The van der Waals surface area contributed by atoms with Gasteiger partial charge in [-0.05, 0) is 43.4 Å². The smallest absolute Gasteiger partial charge is 0.417 e. The molecule has 1 aliphatic carbocycles. The summed E-state index contributed by atoms with van der Waals surface area (Å²) in [6.45, 7) is 2.05. The van der Waals surface area contributed by atoms with Crippen molar-refractivity contribution in [1.29, 1.82) is 5.26 Å². The van der Waals surface area contributed by atoms with Crippen molar-refractivity contribution in [3.63, 3.8) is 0 Å². The summed E-state index contributed by atoms with van der Waals surface area (Å²) in [5.74, 6) is 0.531. The van der Waals surface area contributed by atoms with Crippen molar-refractivity contribution in [2.24, 2.45) is 5.92 Å². The molecule has 0 unspecified atom stereocenters. The van der Waals surface area contributed by atoms with Gasteiger partial charge in [-0.15, -0.1) is 0 Å². The van der Waals surface area contributed by atoms with Gasteiger partial charge in [-0.25, -0.2) is 0 Å². The molecule has 0 amide bonds. The average Bonchev–Trinajstić information content (AvgIpc) is 2.40. The SMILES string of the molecule is C[C@@H]1CCCC[C@H]1Oc1ccc(C#N)c(C(F)(F)F)c1. The molecular formula is C15H16F3NO. The number of nitrogens with zero attached hydrogens (tertiary/aromatic N) is 1. The maximum absolute atomic E-state index is 12.9. The number of hydrogen-bond donors (Lipinski definition) is 0. The Balaban J connectivity index is 2.23. The number of alkyl halides is 3. The third-order valence-electron chi connectivity index (χ3n) is 3.74. The van der Waals surface area contributed by atoms with Crippen LogP contribution in [-0.2, 0) is 6.18 Å². The number of rotatable bonds is 2. The zero-order valence-electron chi connectivity index (χ0n) is 11.2. The molecule has 2 atom stereocenters. The molecule has 1 aromatic carbocycles. The van der Waals surface area contributed by atoms with Gasteiger partial charge in [0.25, 0.3) is 0 Å². The summed E-state index contributed by atoms with van der Waals surface area (Å²) in [5.41, 5.74) is -1.30. The van der Waals surface area contributed by atoms with Crippen LogP contribution in [0, 0.1) is 17.2 Å². The second kappa shape index (κ2) is 5.74. The van der Waals surface area contributed by atoms with Crippen LogP contribution in [0.15, 0.2) is 18.2 Å². The van der Waals surface area contributed by atoms with E-state index in [9.17, 15) is 13.2 Å². The molecule has 0 aromatic heterocycles. The molecule has 1 fully saturated rings. The predicted molar refractivity (Wildman–Crippen MR) is 68.2 cm³/mol. The standard InChI is InChI=1S/C15H16F3NO/c1-10-4-2-3-5-14(10)20-12-7-6-11(9-19)13(8-12)15(16,17)18/h6-8,10,14H,2-5H2,1H3/t10-,14-/m1/s1. The van der Waals surface area contributed by atoms with Gasteiger partial charge in [0, 0.05) is 0 Å². The van der Waals surface area contributed by atoms with Gasteiger partial charge in [0.15, 0.2) is 0 Å². The van der Waals surface area contributed by atoms with Crippen LogP contribution >= 0.6 is 0 Å². The van der Waals surface area contributed by atoms with Crippen LogP contribution in [0.25, 0.3) is 0 Å². The molecule has 1 aliphatic rings. The number of hydrogen-bond acceptors (Lipinski definition) is 2. The third-order valence-corrected chi connectivity index (χ3v) is 3.74. The lowest BCUT2D eigenvalue weighted by Gasteiger charge is -2.29. The minimum absolute atomic E-state index is 0.0437. The molecule has 0 radical (unpaired) electrons. The maximum Gasteiger partial charge on any atom is 0.417 e. The molecule has 0 saturated heterocycles. The predicted octanol–water partition coefficient (Wildman–Crippen LogP) is 4.53. The van der Waals surface area contributed by atoms with E-state index in [0.29, 0.717) is 5.92 Å². The molecule has 0 aliphatic heterocycles. The van der Waals surface area contributed by atoms with Gasteiger partial charge in [-0.1, -0.05) is 13.3 Å². The minimum atomic E-state index is -4.54. The lowest BCUT2D eigenvalue weighted by Crippen LogP contribution is -2.28. The Morgan fingerprint density at radius 1 is 1.25 bits per heavy atom. The van der Waals surface area contributed by atoms with E-state index in [1.54, 1.807) is 6.07 Å². The summed E-state index contributed by atoms with van der Waals surface area (Å²) in [5, 5.41) is 8.75. The van der Waals surface area contributed by atoms with Gasteiger partial charge in [-0.2, -0.15) is 18.4 Å². The van der Waals surface area contributed by atoms with E-state index in [0.717, 1.165) is 31.7 Å². The van der Waals surface area contributed by atoms with E-state index in [1.807, 2.05) is 0 Å². The number of nitriles is 1. The highest BCUT2D eigenvalue weighted by molar-refractivity contribution is 5.44. The van der Waals surface area contributed by atoms with Gasteiger partial charge in [-0.3, -0.25) is 0 Å². The molecule has 5 heteroatoms. The van der Waals surface area contributed by atoms with Crippen molar-refractivity contribution in [3.8, 4) is 11.8 Å². The topological polar surface area (TPSA) is 33.0 Å². The van der Waals surface area contributed by atoms with Gasteiger partial charge in [0.05, 0.1) is 17.2 Å². The van der Waals surface area contributed by atoms with Crippen molar-refractivity contribution in [1.82, 2.24) is 0 Å². The van der Waals surface area contributed by atoms with Crippen molar-refractivity contribution >= 4 is 0 Å². The number of ether oxygens (including phenoxy) is 1. The van der Waals surface area contributed by atoms with Crippen LogP contribution in [0.3, 0.4) is 0 Å². The third kappa shape index (κ3) is 3.24. The highest BCUT2D eigenvalue weighted by atomic mass is 19.4. The molecule has 1 aromatic rings. The van der Waals surface area contributed by atoms with E-state index >= 15 is 0 Å². The normalized spacial score (nSPS) is 23.1. The summed E-state index contributed by atoms with van der Waals surface area (Å²) in [6, 6.07) is 5.11. The van der Waals surface area contributed by atoms with E-state index in [-0.39, 0.29) is 17.4 Å². The molecule has 0 heterocycles. The van der Waals surface area contributed by atoms with Gasteiger partial charge < -0.3 is 4.74 Å². The first kappa shape index (κ1) is 14.7. The van der Waals surface area contributed by atoms with Crippen LogP contribution in [0.1, 0.15) is 43.7 Å². The Bertz CT molecular complexity index is 519. The molecule has 0 bridgehead atoms. The van der Waals surface area contributed by atoms with Gasteiger partial charge >= 0.3 is 6.18 Å². The van der Waals surface area contributed by atoms with Gasteiger partial charge in [0.2, 0.25) is 0 Å². The molecule has 0 N–H and O–H groups in total. The first-order chi connectivity index (χ1) is 9.41. The average molecular weight is 283 g/mol. The summed E-state index contributed by atoms with van der Waals surface area (Å²) in [6.07, 6.45) is -0.504. The summed E-state index contributed by atoms with van der Waals surface area (Å²) >= 11 is 0. The van der Waals surface area contributed by atoms with E-state index in [1.165, 1.54) is 12.1 Å². The monoisotopic (exact) mass is 283 g/mol. The number of benzene rings is 1. The fourth-order valence-corrected chi connectivity index (χ4v) is 2.56. The summed E-state index contributed by atoms with van der Waals surface area (Å²) in [4.78, 5) is 0. The second-order valence-electron chi connectivity index (χ2n) is 5.23. The molecule has 20 heavy (non-hydrogen) atoms. The zero-order valence-corrected chi connectivity index (χ0v) is 11.2. The van der Waals surface area contributed by atoms with Crippen LogP contribution < -0.4 is 4.74 Å². The molecular weight excluding hydrogens is 267 g/mol. The highest BCUT2D eigenvalue weighted by Crippen LogP contribution is 2.35. The van der Waals surface area contributed by atoms with E-state index in [2.05, 4.69) is 6.92 Å². The quantitative estimate of drug-likeness (QED) is 0.798. The van der Waals surface area contributed by atoms with Crippen molar-refractivity contribution in [3.05, 3.63) is 29.3 Å². The van der Waals surface area contributed by atoms with E-state index < -0.39 is 11.7 Å². The Labute approximate surface area is 116 Å². The lowest BCUT2D eigenvalue weighted by molar-refractivity contribution is -0.137. The first-order valence-corrected chi connectivity index (χ1v) is 6.70. The Kier molecular flexibility index (Phi) is 4.22. The van der Waals surface area contributed by atoms with Crippen molar-refractivity contribution < 1.29 is 17.9 Å².